The lowest BCUT2D eigenvalue weighted by Crippen LogP contribution is -2.52. The Labute approximate surface area is 152 Å². The van der Waals surface area contributed by atoms with Gasteiger partial charge >= 0.3 is 12.1 Å². The fraction of sp³-hybridized carbons (Fsp3) is 0.588. The Morgan fingerprint density at radius 2 is 2.08 bits per heavy atom. The number of rotatable bonds is 3. The molecule has 25 heavy (non-hydrogen) atoms. The molecule has 1 fully saturated rings. The summed E-state index contributed by atoms with van der Waals surface area (Å²) in [7, 11) is 0. The molecular weight excluding hydrogens is 401 g/mol. The normalized spacial score (nSPS) is 23.7. The van der Waals surface area contributed by atoms with Gasteiger partial charge in [-0.1, -0.05) is 0 Å². The number of aromatic carboxylic acids is 1. The maximum atomic E-state index is 12.8. The molecule has 1 N–H and O–H groups in total. The summed E-state index contributed by atoms with van der Waals surface area (Å²) in [5, 5.41) is 9.31. The molecule has 0 spiro atoms. The molecular formula is C17H20BrF3N2O2. The second-order valence-electron chi connectivity index (χ2n) is 7.01. The number of benzene rings is 1. The van der Waals surface area contributed by atoms with E-state index in [0.29, 0.717) is 24.0 Å². The van der Waals surface area contributed by atoms with E-state index in [4.69, 9.17) is 0 Å². The van der Waals surface area contributed by atoms with Gasteiger partial charge < -0.3 is 10.0 Å². The molecule has 4 nitrogen and oxygen atoms in total. The number of hydrogen-bond acceptors (Lipinski definition) is 3. The third-order valence-electron chi connectivity index (χ3n) is 4.98. The van der Waals surface area contributed by atoms with Gasteiger partial charge in [-0.05, 0) is 60.4 Å². The van der Waals surface area contributed by atoms with E-state index < -0.39 is 18.7 Å². The summed E-state index contributed by atoms with van der Waals surface area (Å²) in [5.41, 5.74) is 2.05. The fourth-order valence-electron chi connectivity index (χ4n) is 4.14. The van der Waals surface area contributed by atoms with Crippen LogP contribution in [-0.4, -0.2) is 53.9 Å². The zero-order valence-corrected chi connectivity index (χ0v) is 15.6. The van der Waals surface area contributed by atoms with Gasteiger partial charge in [0.15, 0.2) is 0 Å². The number of carboxylic acid groups (broad SMARTS) is 1. The second-order valence-corrected chi connectivity index (χ2v) is 7.87. The van der Waals surface area contributed by atoms with E-state index in [1.807, 2.05) is 13.8 Å². The number of piperidine rings is 1. The molecule has 2 unspecified atom stereocenters. The minimum atomic E-state index is -4.21. The number of hydrogen-bond donors (Lipinski definition) is 1. The quantitative estimate of drug-likeness (QED) is 0.799. The third-order valence-corrected chi connectivity index (χ3v) is 5.58. The Hall–Kier alpha value is -1.28. The summed E-state index contributed by atoms with van der Waals surface area (Å²) >= 11 is 3.47. The van der Waals surface area contributed by atoms with Crippen molar-refractivity contribution in [3.05, 3.63) is 27.7 Å². The minimum absolute atomic E-state index is 0.0532. The van der Waals surface area contributed by atoms with Crippen molar-refractivity contribution in [1.82, 2.24) is 4.90 Å². The Bertz CT molecular complexity index is 693. The molecule has 1 saturated heterocycles. The van der Waals surface area contributed by atoms with Gasteiger partial charge in [-0.15, -0.1) is 0 Å². The van der Waals surface area contributed by atoms with E-state index in [0.717, 1.165) is 11.3 Å². The van der Waals surface area contributed by atoms with E-state index in [1.165, 1.54) is 4.90 Å². The number of alkyl halides is 3. The Balaban J connectivity index is 1.98. The van der Waals surface area contributed by atoms with Crippen molar-refractivity contribution in [2.45, 2.75) is 44.4 Å². The predicted molar refractivity (Wildman–Crippen MR) is 92.4 cm³/mol. The minimum Gasteiger partial charge on any atom is -0.478 e. The molecule has 0 aliphatic carbocycles. The Morgan fingerprint density at radius 3 is 2.64 bits per heavy atom. The molecule has 0 aromatic heterocycles. The van der Waals surface area contributed by atoms with Crippen molar-refractivity contribution in [3.8, 4) is 0 Å². The van der Waals surface area contributed by atoms with Crippen molar-refractivity contribution in [2.75, 3.05) is 24.5 Å². The molecule has 0 bridgehead atoms. The SMILES string of the molecule is CC(C)N1c2c(Br)cc(C(=O)O)cc2C2CCN(CC(F)(F)F)CC21. The van der Waals surface area contributed by atoms with Gasteiger partial charge in [0.25, 0.3) is 0 Å². The molecule has 2 atom stereocenters. The van der Waals surface area contributed by atoms with Gasteiger partial charge in [0.1, 0.15) is 0 Å². The second kappa shape index (κ2) is 6.46. The summed E-state index contributed by atoms with van der Waals surface area (Å²) in [6.07, 6.45) is -3.62. The Kier molecular flexibility index (Phi) is 4.79. The van der Waals surface area contributed by atoms with Crippen LogP contribution in [0.25, 0.3) is 0 Å². The number of fused-ring (bicyclic) bond motifs is 3. The van der Waals surface area contributed by atoms with Gasteiger partial charge in [0, 0.05) is 29.0 Å². The first-order valence-electron chi connectivity index (χ1n) is 8.22. The average molecular weight is 421 g/mol. The summed E-state index contributed by atoms with van der Waals surface area (Å²) < 4.78 is 39.0. The maximum absolute atomic E-state index is 12.8. The molecule has 1 aromatic carbocycles. The van der Waals surface area contributed by atoms with Crippen LogP contribution in [0.4, 0.5) is 18.9 Å². The van der Waals surface area contributed by atoms with Gasteiger partial charge in [0.2, 0.25) is 0 Å². The van der Waals surface area contributed by atoms with Gasteiger partial charge in [0.05, 0.1) is 17.8 Å². The number of nitrogens with zero attached hydrogens (tertiary/aromatic N) is 2. The van der Waals surface area contributed by atoms with Crippen LogP contribution in [0, 0.1) is 0 Å². The van der Waals surface area contributed by atoms with Crippen LogP contribution in [-0.2, 0) is 0 Å². The monoisotopic (exact) mass is 420 g/mol. The first-order chi connectivity index (χ1) is 11.6. The number of carbonyl (C=O) groups is 1. The van der Waals surface area contributed by atoms with Crippen LogP contribution in [0.3, 0.4) is 0 Å². The van der Waals surface area contributed by atoms with E-state index in [9.17, 15) is 23.1 Å². The Morgan fingerprint density at radius 1 is 1.40 bits per heavy atom. The lowest BCUT2D eigenvalue weighted by molar-refractivity contribution is -0.148. The van der Waals surface area contributed by atoms with Crippen LogP contribution in [0.15, 0.2) is 16.6 Å². The molecule has 8 heteroatoms. The van der Waals surface area contributed by atoms with Crippen LogP contribution < -0.4 is 4.90 Å². The fourth-order valence-corrected chi connectivity index (χ4v) is 4.82. The molecule has 0 amide bonds. The first-order valence-corrected chi connectivity index (χ1v) is 9.02. The zero-order valence-electron chi connectivity index (χ0n) is 14.0. The standard InChI is InChI=1S/C17H20BrF3N2O2/c1-9(2)23-14-7-22(8-17(19,20)21)4-3-11(14)12-5-10(16(24)25)6-13(18)15(12)23/h5-6,9,11,14H,3-4,7-8H2,1-2H3,(H,24,25). The summed E-state index contributed by atoms with van der Waals surface area (Å²) in [5.74, 6) is -0.949. The highest BCUT2D eigenvalue weighted by Crippen LogP contribution is 2.49. The zero-order chi connectivity index (χ0) is 18.5. The highest BCUT2D eigenvalue weighted by Gasteiger charge is 2.45. The summed E-state index contributed by atoms with van der Waals surface area (Å²) in [4.78, 5) is 15.0. The van der Waals surface area contributed by atoms with Crippen LogP contribution in [0.2, 0.25) is 0 Å². The number of halogens is 4. The van der Waals surface area contributed by atoms with Crippen molar-refractivity contribution >= 4 is 27.6 Å². The summed E-state index contributed by atoms with van der Waals surface area (Å²) in [6.45, 7) is 3.80. The topological polar surface area (TPSA) is 43.8 Å². The van der Waals surface area contributed by atoms with E-state index in [2.05, 4.69) is 20.8 Å². The first kappa shape index (κ1) is 18.5. The molecule has 0 radical (unpaired) electrons. The van der Waals surface area contributed by atoms with Crippen molar-refractivity contribution in [1.29, 1.82) is 0 Å². The highest BCUT2D eigenvalue weighted by molar-refractivity contribution is 9.10. The van der Waals surface area contributed by atoms with Crippen LogP contribution in [0.1, 0.15) is 42.1 Å². The summed E-state index contributed by atoms with van der Waals surface area (Å²) in [6, 6.07) is 3.28. The highest BCUT2D eigenvalue weighted by atomic mass is 79.9. The van der Waals surface area contributed by atoms with Gasteiger partial charge in [-0.25, -0.2) is 4.79 Å². The number of carboxylic acids is 1. The lowest BCUT2D eigenvalue weighted by atomic mass is 9.87. The molecule has 2 aliphatic rings. The molecule has 1 aromatic rings. The van der Waals surface area contributed by atoms with E-state index in [-0.39, 0.29) is 23.6 Å². The molecule has 0 saturated carbocycles. The molecule has 2 heterocycles. The number of likely N-dealkylation sites (tertiary alicyclic amines) is 1. The smallest absolute Gasteiger partial charge is 0.401 e. The number of anilines is 1. The van der Waals surface area contributed by atoms with E-state index in [1.54, 1.807) is 12.1 Å². The van der Waals surface area contributed by atoms with E-state index >= 15 is 0 Å². The maximum Gasteiger partial charge on any atom is 0.401 e. The average Bonchev–Trinajstić information content (AvgIpc) is 2.79. The molecule has 138 valence electrons. The van der Waals surface area contributed by atoms with Crippen molar-refractivity contribution in [3.63, 3.8) is 0 Å². The molecule has 3 rings (SSSR count). The third kappa shape index (κ3) is 3.51. The lowest BCUT2D eigenvalue weighted by Gasteiger charge is -2.41. The van der Waals surface area contributed by atoms with Gasteiger partial charge in [-0.3, -0.25) is 4.90 Å². The molecule has 2 aliphatic heterocycles. The van der Waals surface area contributed by atoms with Crippen LogP contribution >= 0.6 is 15.9 Å². The van der Waals surface area contributed by atoms with Gasteiger partial charge in [-0.2, -0.15) is 13.2 Å². The predicted octanol–water partition coefficient (Wildman–Crippen LogP) is 4.10. The van der Waals surface area contributed by atoms with Crippen LogP contribution in [0.5, 0.6) is 0 Å². The largest absolute Gasteiger partial charge is 0.478 e. The van der Waals surface area contributed by atoms with Crippen molar-refractivity contribution in [2.24, 2.45) is 0 Å². The van der Waals surface area contributed by atoms with Crippen molar-refractivity contribution < 1.29 is 23.1 Å².